The standard InChI is InChI=1S/C13H13FO4/c1-2-17-13(16)10-9-8-6(5-15)3-4-7(14)11(8)18-12(9)10/h3-4,9-10,12,15H,2,5H2,1H3. The predicted molar refractivity (Wildman–Crippen MR) is 59.6 cm³/mol. The molecule has 5 heteroatoms. The minimum atomic E-state index is -0.447. The van der Waals surface area contributed by atoms with E-state index in [1.54, 1.807) is 6.92 Å². The minimum Gasteiger partial charge on any atom is -0.485 e. The van der Waals surface area contributed by atoms with Crippen LogP contribution in [-0.4, -0.2) is 23.8 Å². The zero-order valence-electron chi connectivity index (χ0n) is 9.85. The summed E-state index contributed by atoms with van der Waals surface area (Å²) in [5.41, 5.74) is 1.24. The van der Waals surface area contributed by atoms with Gasteiger partial charge in [0.1, 0.15) is 12.0 Å². The van der Waals surface area contributed by atoms with Gasteiger partial charge in [0, 0.05) is 11.5 Å². The molecule has 0 saturated heterocycles. The van der Waals surface area contributed by atoms with Crippen LogP contribution in [0.3, 0.4) is 0 Å². The predicted octanol–water partition coefficient (Wildman–Crippen LogP) is 1.36. The lowest BCUT2D eigenvalue weighted by Gasteiger charge is -2.11. The number of fused-ring (bicyclic) bond motifs is 3. The van der Waals surface area contributed by atoms with Crippen molar-refractivity contribution in [1.29, 1.82) is 0 Å². The number of ether oxygens (including phenoxy) is 2. The van der Waals surface area contributed by atoms with Crippen LogP contribution < -0.4 is 4.74 Å². The quantitative estimate of drug-likeness (QED) is 0.825. The van der Waals surface area contributed by atoms with Gasteiger partial charge in [0.2, 0.25) is 0 Å². The van der Waals surface area contributed by atoms with Crippen LogP contribution in [-0.2, 0) is 16.1 Å². The molecular weight excluding hydrogens is 239 g/mol. The normalized spacial score (nSPS) is 27.2. The summed E-state index contributed by atoms with van der Waals surface area (Å²) < 4.78 is 23.9. The van der Waals surface area contributed by atoms with Gasteiger partial charge in [-0.05, 0) is 18.6 Å². The molecule has 1 N–H and O–H groups in total. The van der Waals surface area contributed by atoms with E-state index in [1.807, 2.05) is 0 Å². The molecule has 1 saturated carbocycles. The third-order valence-electron chi connectivity index (χ3n) is 3.51. The topological polar surface area (TPSA) is 55.8 Å². The lowest BCUT2D eigenvalue weighted by Crippen LogP contribution is -2.14. The molecule has 1 aromatic carbocycles. The SMILES string of the molecule is CCOC(=O)C1C2Oc3c(F)ccc(CO)c3C21. The average molecular weight is 252 g/mol. The van der Waals surface area contributed by atoms with Crippen LogP contribution in [0.4, 0.5) is 4.39 Å². The van der Waals surface area contributed by atoms with Gasteiger partial charge < -0.3 is 14.6 Å². The van der Waals surface area contributed by atoms with Crippen LogP contribution in [0.15, 0.2) is 12.1 Å². The molecule has 2 aliphatic rings. The van der Waals surface area contributed by atoms with Gasteiger partial charge in [-0.3, -0.25) is 4.79 Å². The summed E-state index contributed by atoms with van der Waals surface area (Å²) in [4.78, 5) is 11.7. The Balaban J connectivity index is 1.93. The first-order chi connectivity index (χ1) is 8.69. The first kappa shape index (κ1) is 11.5. The molecule has 0 bridgehead atoms. The van der Waals surface area contributed by atoms with E-state index in [4.69, 9.17) is 9.47 Å². The fraction of sp³-hybridized carbons (Fsp3) is 0.462. The summed E-state index contributed by atoms with van der Waals surface area (Å²) in [6.07, 6.45) is -0.332. The Morgan fingerprint density at radius 3 is 3.00 bits per heavy atom. The molecule has 0 radical (unpaired) electrons. The zero-order valence-corrected chi connectivity index (χ0v) is 9.85. The van der Waals surface area contributed by atoms with Crippen molar-refractivity contribution in [2.75, 3.05) is 6.61 Å². The van der Waals surface area contributed by atoms with Crippen LogP contribution in [0.25, 0.3) is 0 Å². The lowest BCUT2D eigenvalue weighted by atomic mass is 10.0. The average Bonchev–Trinajstić information content (AvgIpc) is 2.93. The van der Waals surface area contributed by atoms with Crippen LogP contribution >= 0.6 is 0 Å². The molecule has 1 aliphatic heterocycles. The Morgan fingerprint density at radius 1 is 1.56 bits per heavy atom. The fourth-order valence-electron chi connectivity index (χ4n) is 2.67. The smallest absolute Gasteiger partial charge is 0.313 e. The maximum atomic E-state index is 13.6. The Labute approximate surface area is 103 Å². The Bertz CT molecular complexity index is 514. The monoisotopic (exact) mass is 252 g/mol. The van der Waals surface area contributed by atoms with Gasteiger partial charge in [0.25, 0.3) is 0 Å². The van der Waals surface area contributed by atoms with E-state index in [0.29, 0.717) is 17.7 Å². The van der Waals surface area contributed by atoms with Gasteiger partial charge in [-0.2, -0.15) is 0 Å². The number of halogens is 1. The maximum absolute atomic E-state index is 13.6. The van der Waals surface area contributed by atoms with E-state index in [2.05, 4.69) is 0 Å². The van der Waals surface area contributed by atoms with Gasteiger partial charge in [-0.25, -0.2) is 4.39 Å². The first-order valence-corrected chi connectivity index (χ1v) is 5.94. The highest BCUT2D eigenvalue weighted by Gasteiger charge is 2.64. The Kier molecular flexibility index (Phi) is 2.52. The van der Waals surface area contributed by atoms with Crippen molar-refractivity contribution >= 4 is 5.97 Å². The molecule has 0 aromatic heterocycles. The number of benzene rings is 1. The summed E-state index contributed by atoms with van der Waals surface area (Å²) in [5.74, 6) is -1.11. The van der Waals surface area contributed by atoms with Crippen LogP contribution in [0.1, 0.15) is 24.0 Å². The maximum Gasteiger partial charge on any atom is 0.313 e. The summed E-state index contributed by atoms with van der Waals surface area (Å²) in [7, 11) is 0. The molecule has 3 unspecified atom stereocenters. The Morgan fingerprint density at radius 2 is 2.33 bits per heavy atom. The van der Waals surface area contributed by atoms with E-state index < -0.39 is 5.82 Å². The third-order valence-corrected chi connectivity index (χ3v) is 3.51. The number of hydrogen-bond acceptors (Lipinski definition) is 4. The molecule has 1 aromatic rings. The highest BCUT2D eigenvalue weighted by atomic mass is 19.1. The first-order valence-electron chi connectivity index (χ1n) is 5.94. The zero-order chi connectivity index (χ0) is 12.9. The van der Waals surface area contributed by atoms with Crippen LogP contribution in [0.5, 0.6) is 5.75 Å². The van der Waals surface area contributed by atoms with E-state index in [1.165, 1.54) is 12.1 Å². The highest BCUT2D eigenvalue weighted by Crippen LogP contribution is 2.60. The minimum absolute atomic E-state index is 0.170. The fourth-order valence-corrected chi connectivity index (χ4v) is 2.67. The molecular formula is C13H13FO4. The molecule has 3 rings (SSSR count). The molecule has 0 spiro atoms. The van der Waals surface area contributed by atoms with Gasteiger partial charge in [0.05, 0.1) is 13.2 Å². The summed E-state index contributed by atoms with van der Waals surface area (Å²) in [5, 5.41) is 9.26. The van der Waals surface area contributed by atoms with Gasteiger partial charge in [-0.15, -0.1) is 0 Å². The Hall–Kier alpha value is -1.62. The summed E-state index contributed by atoms with van der Waals surface area (Å²) in [6, 6.07) is 2.80. The summed E-state index contributed by atoms with van der Waals surface area (Å²) >= 11 is 0. The van der Waals surface area contributed by atoms with E-state index in [-0.39, 0.29) is 36.3 Å². The largest absolute Gasteiger partial charge is 0.485 e. The lowest BCUT2D eigenvalue weighted by molar-refractivity contribution is -0.145. The number of rotatable bonds is 3. The molecule has 1 aliphatic carbocycles. The van der Waals surface area contributed by atoms with Gasteiger partial charge in [-0.1, -0.05) is 6.07 Å². The van der Waals surface area contributed by atoms with Crippen molar-refractivity contribution < 1.29 is 23.8 Å². The molecule has 4 nitrogen and oxygen atoms in total. The van der Waals surface area contributed by atoms with E-state index in [0.717, 1.165) is 0 Å². The van der Waals surface area contributed by atoms with E-state index in [9.17, 15) is 14.3 Å². The van der Waals surface area contributed by atoms with Crippen molar-refractivity contribution in [2.45, 2.75) is 25.6 Å². The third kappa shape index (κ3) is 1.43. The molecule has 1 heterocycles. The number of hydrogen-bond donors (Lipinski definition) is 1. The van der Waals surface area contributed by atoms with Crippen molar-refractivity contribution in [3.63, 3.8) is 0 Å². The number of aliphatic hydroxyl groups excluding tert-OH is 1. The second kappa shape index (κ2) is 3.95. The number of esters is 1. The van der Waals surface area contributed by atoms with Crippen molar-refractivity contribution in [3.8, 4) is 5.75 Å². The van der Waals surface area contributed by atoms with Crippen molar-refractivity contribution in [3.05, 3.63) is 29.1 Å². The van der Waals surface area contributed by atoms with E-state index >= 15 is 0 Å². The summed E-state index contributed by atoms with van der Waals surface area (Å²) in [6.45, 7) is 1.87. The molecule has 18 heavy (non-hydrogen) atoms. The van der Waals surface area contributed by atoms with Gasteiger partial charge >= 0.3 is 5.97 Å². The number of carbonyl (C=O) groups is 1. The molecule has 0 amide bonds. The number of aliphatic hydroxyl groups is 1. The molecule has 96 valence electrons. The number of carbonyl (C=O) groups excluding carboxylic acids is 1. The second-order valence-corrected chi connectivity index (χ2v) is 4.49. The highest BCUT2D eigenvalue weighted by molar-refractivity contribution is 5.81. The van der Waals surface area contributed by atoms with Gasteiger partial charge in [0.15, 0.2) is 11.6 Å². The van der Waals surface area contributed by atoms with Crippen LogP contribution in [0, 0.1) is 11.7 Å². The van der Waals surface area contributed by atoms with Crippen molar-refractivity contribution in [2.24, 2.45) is 5.92 Å². The molecule has 3 atom stereocenters. The van der Waals surface area contributed by atoms with Crippen LogP contribution in [0.2, 0.25) is 0 Å². The molecule has 1 fully saturated rings. The van der Waals surface area contributed by atoms with Crippen molar-refractivity contribution in [1.82, 2.24) is 0 Å². The second-order valence-electron chi connectivity index (χ2n) is 4.49.